The van der Waals surface area contributed by atoms with Crippen molar-refractivity contribution >= 4 is 41.0 Å². The number of rotatable bonds is 5. The van der Waals surface area contributed by atoms with E-state index in [0.29, 0.717) is 13.1 Å². The van der Waals surface area contributed by atoms with Crippen LogP contribution in [0.1, 0.15) is 32.7 Å². The van der Waals surface area contributed by atoms with Crippen molar-refractivity contribution in [2.45, 2.75) is 13.0 Å². The summed E-state index contributed by atoms with van der Waals surface area (Å²) < 4.78 is 4.63. The van der Waals surface area contributed by atoms with Crippen LogP contribution in [0.25, 0.3) is 0 Å². The van der Waals surface area contributed by atoms with Gasteiger partial charge in [-0.2, -0.15) is 0 Å². The van der Waals surface area contributed by atoms with Crippen LogP contribution in [0.4, 0.5) is 0 Å². The Morgan fingerprint density at radius 2 is 1.78 bits per heavy atom. The summed E-state index contributed by atoms with van der Waals surface area (Å²) in [5, 5.41) is 2.29. The van der Waals surface area contributed by atoms with E-state index in [1.165, 1.54) is 31.4 Å². The maximum Gasteiger partial charge on any atom is 0.337 e. The first kappa shape index (κ1) is 22.9. The number of ether oxygens (including phenoxy) is 1. The van der Waals surface area contributed by atoms with Crippen LogP contribution in [0.5, 0.6) is 0 Å². The Kier molecular flexibility index (Phi) is 7.50. The van der Waals surface area contributed by atoms with Gasteiger partial charge < -0.3 is 9.64 Å². The van der Waals surface area contributed by atoms with Crippen molar-refractivity contribution in [3.63, 3.8) is 0 Å². The molecular weight excluding hydrogens is 432 g/mol. The Bertz CT molecular complexity index is 1040. The van der Waals surface area contributed by atoms with Crippen LogP contribution >= 0.6 is 12.2 Å². The minimum atomic E-state index is -0.569. The number of esters is 1. The van der Waals surface area contributed by atoms with Crippen LogP contribution in [0.3, 0.4) is 0 Å². The molecule has 1 fully saturated rings. The highest BCUT2D eigenvalue weighted by atomic mass is 32.1. The van der Waals surface area contributed by atoms with Gasteiger partial charge in [-0.3, -0.25) is 30.6 Å². The highest BCUT2D eigenvalue weighted by Crippen LogP contribution is 2.20. The third-order valence-electron chi connectivity index (χ3n) is 4.87. The van der Waals surface area contributed by atoms with Crippen molar-refractivity contribution in [1.82, 2.24) is 21.1 Å². The second kappa shape index (κ2) is 10.5. The molecule has 1 heterocycles. The zero-order valence-corrected chi connectivity index (χ0v) is 18.1. The van der Waals surface area contributed by atoms with Crippen molar-refractivity contribution in [3.8, 4) is 0 Å². The second-order valence-corrected chi connectivity index (χ2v) is 7.54. The first-order chi connectivity index (χ1) is 15.4. The number of nitrogens with zero attached hydrogens (tertiary/aromatic N) is 1. The second-order valence-electron chi connectivity index (χ2n) is 7.13. The smallest absolute Gasteiger partial charge is 0.337 e. The molecule has 1 aliphatic heterocycles. The van der Waals surface area contributed by atoms with Gasteiger partial charge in [-0.05, 0) is 36.0 Å². The number of likely N-dealkylation sites (tertiary alicyclic amines) is 1. The molecule has 0 aliphatic carbocycles. The van der Waals surface area contributed by atoms with Gasteiger partial charge in [0.1, 0.15) is 0 Å². The molecule has 0 saturated carbocycles. The van der Waals surface area contributed by atoms with E-state index in [9.17, 15) is 19.2 Å². The molecule has 0 bridgehead atoms. The maximum absolute atomic E-state index is 12.4. The topological polar surface area (TPSA) is 117 Å². The van der Waals surface area contributed by atoms with Crippen LogP contribution in [0.15, 0.2) is 54.6 Å². The Balaban J connectivity index is 1.47. The summed E-state index contributed by atoms with van der Waals surface area (Å²) in [6, 6.07) is 15.5. The predicted octanol–water partition coefficient (Wildman–Crippen LogP) is 1.16. The molecule has 1 saturated heterocycles. The summed E-state index contributed by atoms with van der Waals surface area (Å²) >= 11 is 5.04. The van der Waals surface area contributed by atoms with Crippen molar-refractivity contribution in [2.24, 2.45) is 5.92 Å². The molecule has 0 spiro atoms. The highest BCUT2D eigenvalue weighted by molar-refractivity contribution is 7.80. The lowest BCUT2D eigenvalue weighted by Crippen LogP contribution is -2.50. The van der Waals surface area contributed by atoms with Gasteiger partial charge in [0.05, 0.1) is 18.6 Å². The Labute approximate surface area is 190 Å². The summed E-state index contributed by atoms with van der Waals surface area (Å²) in [4.78, 5) is 50.2. The molecule has 2 aromatic rings. The summed E-state index contributed by atoms with van der Waals surface area (Å²) in [5.41, 5.74) is 6.30. The minimum Gasteiger partial charge on any atom is -0.465 e. The number of amides is 3. The number of hydrogen-bond donors (Lipinski definition) is 3. The van der Waals surface area contributed by atoms with E-state index in [2.05, 4.69) is 20.9 Å². The molecule has 10 heteroatoms. The first-order valence-electron chi connectivity index (χ1n) is 9.78. The number of hydrazine groups is 1. The van der Waals surface area contributed by atoms with Gasteiger partial charge in [-0.25, -0.2) is 4.79 Å². The molecule has 0 radical (unpaired) electrons. The third-order valence-corrected chi connectivity index (χ3v) is 5.08. The SMILES string of the molecule is COC(=O)c1cccc(C(=O)NC(=S)NNC(=O)C2CC(=O)N(Cc3ccccc3)C2)c1. The van der Waals surface area contributed by atoms with Gasteiger partial charge >= 0.3 is 5.97 Å². The van der Waals surface area contributed by atoms with Crippen molar-refractivity contribution in [3.05, 3.63) is 71.3 Å². The summed E-state index contributed by atoms with van der Waals surface area (Å²) in [6.45, 7) is 0.733. The van der Waals surface area contributed by atoms with Crippen molar-refractivity contribution in [1.29, 1.82) is 0 Å². The number of methoxy groups -OCH3 is 1. The van der Waals surface area contributed by atoms with Crippen LogP contribution in [0, 0.1) is 5.92 Å². The Morgan fingerprint density at radius 3 is 2.50 bits per heavy atom. The quantitative estimate of drug-likeness (QED) is 0.353. The summed E-state index contributed by atoms with van der Waals surface area (Å²) in [7, 11) is 1.25. The molecule has 1 aliphatic rings. The zero-order chi connectivity index (χ0) is 23.1. The van der Waals surface area contributed by atoms with Crippen molar-refractivity contribution in [2.75, 3.05) is 13.7 Å². The van der Waals surface area contributed by atoms with Gasteiger partial charge in [0.25, 0.3) is 5.91 Å². The average Bonchev–Trinajstić information content (AvgIpc) is 3.17. The lowest BCUT2D eigenvalue weighted by atomic mass is 10.1. The van der Waals surface area contributed by atoms with Crippen LogP contribution in [-0.4, -0.2) is 47.4 Å². The van der Waals surface area contributed by atoms with Gasteiger partial charge in [-0.15, -0.1) is 0 Å². The third kappa shape index (κ3) is 5.88. The zero-order valence-electron chi connectivity index (χ0n) is 17.3. The largest absolute Gasteiger partial charge is 0.465 e. The predicted molar refractivity (Wildman–Crippen MR) is 119 cm³/mol. The average molecular weight is 455 g/mol. The molecule has 1 unspecified atom stereocenters. The number of carbonyl (C=O) groups is 4. The highest BCUT2D eigenvalue weighted by Gasteiger charge is 2.34. The van der Waals surface area contributed by atoms with E-state index in [1.807, 2.05) is 30.3 Å². The van der Waals surface area contributed by atoms with E-state index >= 15 is 0 Å². The molecule has 1 atom stereocenters. The first-order valence-corrected chi connectivity index (χ1v) is 10.2. The molecule has 2 aromatic carbocycles. The minimum absolute atomic E-state index is 0.0970. The molecule has 3 amide bonds. The molecule has 9 nitrogen and oxygen atoms in total. The van der Waals surface area contributed by atoms with E-state index < -0.39 is 23.7 Å². The number of thiocarbonyl (C=S) groups is 1. The van der Waals surface area contributed by atoms with Crippen LogP contribution in [-0.2, 0) is 20.9 Å². The van der Waals surface area contributed by atoms with E-state index in [-0.39, 0.29) is 28.6 Å². The molecule has 166 valence electrons. The summed E-state index contributed by atoms with van der Waals surface area (Å²) in [5.74, 6) is -2.17. The molecular formula is C22H22N4O5S. The normalized spacial score (nSPS) is 15.1. The fourth-order valence-corrected chi connectivity index (χ4v) is 3.38. The van der Waals surface area contributed by atoms with Gasteiger partial charge in [0, 0.05) is 25.1 Å². The van der Waals surface area contributed by atoms with Crippen LogP contribution in [0.2, 0.25) is 0 Å². The molecule has 32 heavy (non-hydrogen) atoms. The standard InChI is InChI=1S/C22H22N4O5S/c1-31-21(30)16-9-5-8-15(10-16)19(28)23-22(32)25-24-20(29)17-11-18(27)26(13-17)12-14-6-3-2-4-7-14/h2-10,17H,11-13H2,1H3,(H,24,29)(H2,23,25,28,32). The van der Waals surface area contributed by atoms with Gasteiger partial charge in [-0.1, -0.05) is 36.4 Å². The Morgan fingerprint density at radius 1 is 1.06 bits per heavy atom. The lowest BCUT2D eigenvalue weighted by molar-refractivity contribution is -0.129. The number of nitrogens with one attached hydrogen (secondary N) is 3. The van der Waals surface area contributed by atoms with Gasteiger partial charge in [0.2, 0.25) is 11.8 Å². The fraction of sp³-hybridized carbons (Fsp3) is 0.227. The van der Waals surface area contributed by atoms with E-state index in [0.717, 1.165) is 5.56 Å². The fourth-order valence-electron chi connectivity index (χ4n) is 3.24. The number of carbonyl (C=O) groups excluding carboxylic acids is 4. The number of hydrogen-bond acceptors (Lipinski definition) is 6. The number of benzene rings is 2. The van der Waals surface area contributed by atoms with E-state index in [1.54, 1.807) is 4.90 Å². The molecule has 0 aromatic heterocycles. The Hall–Kier alpha value is -3.79. The van der Waals surface area contributed by atoms with Gasteiger partial charge in [0.15, 0.2) is 5.11 Å². The summed E-state index contributed by atoms with van der Waals surface area (Å²) in [6.07, 6.45) is 0.0970. The van der Waals surface area contributed by atoms with E-state index in [4.69, 9.17) is 12.2 Å². The monoisotopic (exact) mass is 454 g/mol. The van der Waals surface area contributed by atoms with Crippen LogP contribution < -0.4 is 16.2 Å². The molecule has 3 N–H and O–H groups in total. The maximum atomic E-state index is 12.4. The molecule has 3 rings (SSSR count). The lowest BCUT2D eigenvalue weighted by Gasteiger charge is -2.17. The van der Waals surface area contributed by atoms with Crippen molar-refractivity contribution < 1.29 is 23.9 Å².